The molecule has 38 heavy (non-hydrogen) atoms. The van der Waals surface area contributed by atoms with Crippen molar-refractivity contribution in [3.05, 3.63) is 60.2 Å². The summed E-state index contributed by atoms with van der Waals surface area (Å²) in [5, 5.41) is 23.8. The molecule has 1 aliphatic rings. The minimum Gasteiger partial charge on any atom is -0.530 e. The minimum absolute atomic E-state index is 0.00408. The van der Waals surface area contributed by atoms with Gasteiger partial charge in [-0.1, -0.05) is 44.2 Å². The molecule has 0 bridgehead atoms. The molecule has 12 heteroatoms. The SMILES string of the molecule is COc1ccc(S(=O)(=O)N(CC(C)C)C[C@@H](O)[C@H](Cc2ccccc2)N(C(=O)[O-])[C@H]2CCS(=O)(=O)C2)cc1. The van der Waals surface area contributed by atoms with Crippen molar-refractivity contribution in [2.45, 2.75) is 49.8 Å². The van der Waals surface area contributed by atoms with Gasteiger partial charge in [0.25, 0.3) is 0 Å². The average Bonchev–Trinajstić information content (AvgIpc) is 3.22. The highest BCUT2D eigenvalue weighted by Gasteiger charge is 2.40. The monoisotopic (exact) mass is 567 g/mol. The van der Waals surface area contributed by atoms with Crippen LogP contribution in [0.3, 0.4) is 0 Å². The van der Waals surface area contributed by atoms with Gasteiger partial charge in [0.1, 0.15) is 11.8 Å². The van der Waals surface area contributed by atoms with Crippen molar-refractivity contribution >= 4 is 26.0 Å². The number of carbonyl (C=O) groups excluding carboxylic acids is 1. The van der Waals surface area contributed by atoms with Crippen LogP contribution in [-0.4, -0.2) is 87.1 Å². The lowest BCUT2D eigenvalue weighted by atomic mass is 9.97. The molecule has 0 aromatic heterocycles. The largest absolute Gasteiger partial charge is 0.530 e. The molecule has 0 saturated carbocycles. The van der Waals surface area contributed by atoms with Gasteiger partial charge in [-0.15, -0.1) is 0 Å². The van der Waals surface area contributed by atoms with Crippen LogP contribution in [-0.2, 0) is 26.3 Å². The van der Waals surface area contributed by atoms with Crippen LogP contribution in [0.5, 0.6) is 5.75 Å². The van der Waals surface area contributed by atoms with Crippen LogP contribution in [0.25, 0.3) is 0 Å². The van der Waals surface area contributed by atoms with E-state index in [1.54, 1.807) is 30.3 Å². The van der Waals surface area contributed by atoms with Gasteiger partial charge in [0, 0.05) is 19.1 Å². The Morgan fingerprint density at radius 2 is 1.74 bits per heavy atom. The molecule has 3 rings (SSSR count). The predicted octanol–water partition coefficient (Wildman–Crippen LogP) is 1.15. The van der Waals surface area contributed by atoms with E-state index in [0.717, 1.165) is 9.21 Å². The number of amides is 1. The molecular formula is C26H35N2O8S2-. The standard InChI is InChI=1S/C26H36N2O8S2/c1-19(2)16-27(38(34,35)23-11-9-22(36-3)10-12-23)17-25(29)24(15-20-7-5-4-6-8-20)28(26(30)31)21-13-14-37(32,33)18-21/h4-12,19,21,24-25,29H,13-18H2,1-3H3,(H,30,31)/p-1/t21-,24-,25+/m0/s1. The lowest BCUT2D eigenvalue weighted by Crippen LogP contribution is -2.59. The lowest BCUT2D eigenvalue weighted by Gasteiger charge is -2.41. The third kappa shape index (κ3) is 7.46. The normalized spacial score (nSPS) is 18.8. The number of benzene rings is 2. The highest BCUT2D eigenvalue weighted by Crippen LogP contribution is 2.26. The third-order valence-corrected chi connectivity index (χ3v) is 10.2. The Morgan fingerprint density at radius 1 is 1.11 bits per heavy atom. The molecule has 0 unspecified atom stereocenters. The number of carboxylic acid groups (broad SMARTS) is 1. The molecule has 0 spiro atoms. The van der Waals surface area contributed by atoms with Crippen molar-refractivity contribution in [3.8, 4) is 5.75 Å². The van der Waals surface area contributed by atoms with E-state index < -0.39 is 50.7 Å². The van der Waals surface area contributed by atoms with Crippen molar-refractivity contribution in [3.63, 3.8) is 0 Å². The Morgan fingerprint density at radius 3 is 2.24 bits per heavy atom. The summed E-state index contributed by atoms with van der Waals surface area (Å²) in [6.07, 6.45) is -2.96. The summed E-state index contributed by atoms with van der Waals surface area (Å²) < 4.78 is 57.7. The summed E-state index contributed by atoms with van der Waals surface area (Å²) in [5.41, 5.74) is 0.706. The first-order valence-corrected chi connectivity index (χ1v) is 15.7. The maximum absolute atomic E-state index is 13.6. The van der Waals surface area contributed by atoms with Crippen molar-refractivity contribution in [1.82, 2.24) is 9.21 Å². The van der Waals surface area contributed by atoms with E-state index >= 15 is 0 Å². The molecule has 10 nitrogen and oxygen atoms in total. The van der Waals surface area contributed by atoms with E-state index in [2.05, 4.69) is 0 Å². The first-order chi connectivity index (χ1) is 17.8. The van der Waals surface area contributed by atoms with E-state index in [-0.39, 0.29) is 41.7 Å². The van der Waals surface area contributed by atoms with Crippen molar-refractivity contribution in [2.24, 2.45) is 5.92 Å². The zero-order valence-corrected chi connectivity index (χ0v) is 23.4. The van der Waals surface area contributed by atoms with Crippen LogP contribution in [0.1, 0.15) is 25.8 Å². The van der Waals surface area contributed by atoms with Crippen LogP contribution >= 0.6 is 0 Å². The number of sulfonamides is 1. The summed E-state index contributed by atoms with van der Waals surface area (Å²) in [6.45, 7) is 3.35. The summed E-state index contributed by atoms with van der Waals surface area (Å²) in [4.78, 5) is 13.2. The molecule has 1 amide bonds. The second-order valence-corrected chi connectivity index (χ2v) is 14.1. The van der Waals surface area contributed by atoms with Gasteiger partial charge >= 0.3 is 0 Å². The number of aliphatic hydroxyl groups excluding tert-OH is 1. The van der Waals surface area contributed by atoms with Gasteiger partial charge in [-0.3, -0.25) is 0 Å². The summed E-state index contributed by atoms with van der Waals surface area (Å²) in [5.74, 6) is -0.154. The van der Waals surface area contributed by atoms with Crippen molar-refractivity contribution in [1.29, 1.82) is 0 Å². The van der Waals surface area contributed by atoms with Crippen LogP contribution in [0.4, 0.5) is 4.79 Å². The fourth-order valence-corrected chi connectivity index (χ4v) is 8.06. The first-order valence-electron chi connectivity index (χ1n) is 12.4. The molecule has 2 aromatic carbocycles. The topological polar surface area (TPSA) is 144 Å². The maximum Gasteiger partial charge on any atom is 0.243 e. The smallest absolute Gasteiger partial charge is 0.243 e. The van der Waals surface area contributed by atoms with Gasteiger partial charge in [-0.2, -0.15) is 4.31 Å². The predicted molar refractivity (Wildman–Crippen MR) is 141 cm³/mol. The summed E-state index contributed by atoms with van der Waals surface area (Å²) in [6, 6.07) is 12.7. The van der Waals surface area contributed by atoms with Gasteiger partial charge < -0.3 is 24.6 Å². The van der Waals surface area contributed by atoms with Gasteiger partial charge in [0.15, 0.2) is 9.84 Å². The Labute approximate surface area is 224 Å². The molecule has 0 aliphatic carbocycles. The molecule has 1 saturated heterocycles. The zero-order chi connectivity index (χ0) is 28.1. The van der Waals surface area contributed by atoms with Crippen LogP contribution in [0.2, 0.25) is 0 Å². The van der Waals surface area contributed by atoms with E-state index in [0.29, 0.717) is 11.3 Å². The molecular weight excluding hydrogens is 532 g/mol. The second kappa shape index (κ2) is 12.5. The molecule has 1 heterocycles. The quantitative estimate of drug-likeness (QED) is 0.402. The zero-order valence-electron chi connectivity index (χ0n) is 21.8. The fourth-order valence-electron chi connectivity index (χ4n) is 4.73. The van der Waals surface area contributed by atoms with Gasteiger partial charge in [-0.05, 0) is 48.6 Å². The Hall–Kier alpha value is -2.67. The average molecular weight is 568 g/mol. The summed E-state index contributed by atoms with van der Waals surface area (Å²) in [7, 11) is -6.04. The first kappa shape index (κ1) is 29.9. The molecule has 210 valence electrons. The van der Waals surface area contributed by atoms with E-state index in [4.69, 9.17) is 4.74 Å². The number of nitrogens with zero attached hydrogens (tertiary/aromatic N) is 2. The number of ether oxygens (including phenoxy) is 1. The summed E-state index contributed by atoms with van der Waals surface area (Å²) >= 11 is 0. The van der Waals surface area contributed by atoms with Gasteiger partial charge in [-0.25, -0.2) is 16.8 Å². The van der Waals surface area contributed by atoms with Crippen molar-refractivity contribution in [2.75, 3.05) is 31.7 Å². The van der Waals surface area contributed by atoms with Crippen LogP contribution in [0, 0.1) is 5.92 Å². The van der Waals surface area contributed by atoms with Crippen LogP contribution < -0.4 is 9.84 Å². The third-order valence-electron chi connectivity index (χ3n) is 6.56. The molecule has 1 aliphatic heterocycles. The van der Waals surface area contributed by atoms with E-state index in [1.165, 1.54) is 31.4 Å². The van der Waals surface area contributed by atoms with Crippen molar-refractivity contribution < 1.29 is 36.6 Å². The fraction of sp³-hybridized carbons (Fsp3) is 0.500. The molecule has 1 N–H and O–H groups in total. The van der Waals surface area contributed by atoms with Crippen LogP contribution in [0.15, 0.2) is 59.5 Å². The second-order valence-electron chi connectivity index (χ2n) is 9.95. The Balaban J connectivity index is 1.98. The number of hydrogen-bond donors (Lipinski definition) is 1. The van der Waals surface area contributed by atoms with Gasteiger partial charge in [0.05, 0.1) is 35.7 Å². The lowest BCUT2D eigenvalue weighted by molar-refractivity contribution is -0.272. The number of methoxy groups -OCH3 is 1. The van der Waals surface area contributed by atoms with E-state index in [9.17, 15) is 31.8 Å². The number of aliphatic hydroxyl groups is 1. The van der Waals surface area contributed by atoms with Gasteiger partial charge in [0.2, 0.25) is 10.0 Å². The number of carbonyl (C=O) groups is 1. The Kier molecular flexibility index (Phi) is 9.80. The molecule has 0 radical (unpaired) electrons. The van der Waals surface area contributed by atoms with E-state index in [1.807, 2.05) is 13.8 Å². The minimum atomic E-state index is -4.07. The Bertz CT molecular complexity index is 1280. The number of sulfone groups is 1. The molecule has 2 aromatic rings. The molecule has 3 atom stereocenters. The maximum atomic E-state index is 13.6. The number of hydrogen-bond acceptors (Lipinski definition) is 8. The highest BCUT2D eigenvalue weighted by molar-refractivity contribution is 7.91. The molecule has 1 fully saturated rings. The highest BCUT2D eigenvalue weighted by atomic mass is 32.2. The number of rotatable bonds is 12.